The van der Waals surface area contributed by atoms with Gasteiger partial charge >= 0.3 is 11.9 Å². The summed E-state index contributed by atoms with van der Waals surface area (Å²) in [7, 11) is 0. The SMILES string of the molecule is CCOC(=O)C(CCCCCCCCC[C@@H]1CC2=CC(=O)CC[C@]2(C)[C@H]2CC[C@@]3(C)[C@@H](CC[C@]3(C)O)[C@H]12)C(=O)OCC. The van der Waals surface area contributed by atoms with Gasteiger partial charge in [-0.05, 0) is 113 Å². The van der Waals surface area contributed by atoms with Crippen LogP contribution in [0.25, 0.3) is 0 Å². The minimum absolute atomic E-state index is 0.00798. The lowest BCUT2D eigenvalue weighted by Crippen LogP contribution is -2.56. The predicted molar refractivity (Wildman–Crippen MR) is 165 cm³/mol. The second-order valence-electron chi connectivity index (χ2n) is 14.7. The standard InChI is InChI=1S/C36H58O6/c1-6-41-32(38)28(33(39)42-7-2)16-14-12-10-8-9-11-13-15-25-23-26-24-27(37)17-20-34(26,3)29-18-21-35(4)30(31(25)29)19-22-36(35,5)40/h24-25,28-31,40H,6-23H2,1-5H3/t25-,29+,30+,31-,34+,35+,36+/m1/s1. The van der Waals surface area contributed by atoms with Gasteiger partial charge in [0.25, 0.3) is 0 Å². The lowest BCUT2D eigenvalue weighted by Gasteiger charge is -2.61. The maximum atomic E-state index is 12.5. The van der Waals surface area contributed by atoms with E-state index >= 15 is 0 Å². The first-order valence-electron chi connectivity index (χ1n) is 17.3. The van der Waals surface area contributed by atoms with E-state index in [1.807, 2.05) is 6.08 Å². The quantitative estimate of drug-likeness (QED) is 0.127. The second kappa shape index (κ2) is 13.9. The number of ether oxygens (including phenoxy) is 2. The van der Waals surface area contributed by atoms with E-state index in [0.717, 1.165) is 51.4 Å². The second-order valence-corrected chi connectivity index (χ2v) is 14.7. The van der Waals surface area contributed by atoms with Gasteiger partial charge in [-0.1, -0.05) is 64.4 Å². The van der Waals surface area contributed by atoms with Crippen molar-refractivity contribution in [2.24, 2.45) is 40.4 Å². The molecular formula is C36H58O6. The average molecular weight is 587 g/mol. The number of rotatable bonds is 14. The minimum atomic E-state index is -0.800. The summed E-state index contributed by atoms with van der Waals surface area (Å²) in [5.74, 6) is 1.08. The molecule has 3 saturated carbocycles. The van der Waals surface area contributed by atoms with Crippen LogP contribution in [0.1, 0.15) is 137 Å². The van der Waals surface area contributed by atoms with Crippen LogP contribution in [0.4, 0.5) is 0 Å². The highest BCUT2D eigenvalue weighted by Crippen LogP contribution is 2.69. The van der Waals surface area contributed by atoms with Crippen LogP contribution in [0.3, 0.4) is 0 Å². The molecule has 0 aromatic rings. The van der Waals surface area contributed by atoms with Crippen LogP contribution >= 0.6 is 0 Å². The smallest absolute Gasteiger partial charge is 0.320 e. The molecule has 0 aromatic heterocycles. The molecule has 1 N–H and O–H groups in total. The maximum absolute atomic E-state index is 12.5. The van der Waals surface area contributed by atoms with Gasteiger partial charge in [-0.15, -0.1) is 0 Å². The number of hydrogen-bond donors (Lipinski definition) is 1. The number of fused-ring (bicyclic) bond motifs is 5. The third-order valence-corrected chi connectivity index (χ3v) is 12.4. The number of esters is 2. The first-order chi connectivity index (χ1) is 20.0. The molecule has 0 aliphatic heterocycles. The Bertz CT molecular complexity index is 981. The molecule has 0 bridgehead atoms. The molecule has 0 heterocycles. The highest BCUT2D eigenvalue weighted by atomic mass is 16.6. The summed E-state index contributed by atoms with van der Waals surface area (Å²) < 4.78 is 10.2. The summed E-state index contributed by atoms with van der Waals surface area (Å²) in [6.45, 7) is 11.0. The average Bonchev–Trinajstić information content (AvgIpc) is 3.19. The molecule has 0 aromatic carbocycles. The highest BCUT2D eigenvalue weighted by molar-refractivity contribution is 5.94. The first kappa shape index (κ1) is 33.2. The van der Waals surface area contributed by atoms with Gasteiger partial charge in [0.05, 0.1) is 18.8 Å². The zero-order valence-electron chi connectivity index (χ0n) is 27.2. The van der Waals surface area contributed by atoms with Crippen molar-refractivity contribution in [1.29, 1.82) is 0 Å². The molecule has 238 valence electrons. The van der Waals surface area contributed by atoms with Crippen LogP contribution in [-0.2, 0) is 23.9 Å². The molecule has 0 spiro atoms. The number of allylic oxidation sites excluding steroid dienone is 1. The zero-order chi connectivity index (χ0) is 30.5. The topological polar surface area (TPSA) is 89.9 Å². The van der Waals surface area contributed by atoms with Crippen molar-refractivity contribution >= 4 is 17.7 Å². The van der Waals surface area contributed by atoms with Gasteiger partial charge in [0.15, 0.2) is 11.7 Å². The number of ketones is 1. The normalized spacial score (nSPS) is 35.7. The lowest BCUT2D eigenvalue weighted by atomic mass is 9.44. The Kier molecular flexibility index (Phi) is 11.0. The van der Waals surface area contributed by atoms with E-state index < -0.39 is 23.5 Å². The number of hydrogen-bond acceptors (Lipinski definition) is 6. The largest absolute Gasteiger partial charge is 0.465 e. The molecule has 0 amide bonds. The number of unbranched alkanes of at least 4 members (excludes halogenated alkanes) is 6. The van der Waals surface area contributed by atoms with Gasteiger partial charge in [0.2, 0.25) is 0 Å². The van der Waals surface area contributed by atoms with Crippen LogP contribution in [0.5, 0.6) is 0 Å². The Labute approximate surface area is 254 Å². The summed E-state index contributed by atoms with van der Waals surface area (Å²) in [6, 6.07) is 0. The van der Waals surface area contributed by atoms with E-state index in [-0.39, 0.29) is 24.0 Å². The van der Waals surface area contributed by atoms with Gasteiger partial charge in [0.1, 0.15) is 0 Å². The van der Waals surface area contributed by atoms with Crippen LogP contribution in [-0.4, -0.2) is 41.6 Å². The molecule has 0 saturated heterocycles. The Morgan fingerprint density at radius 3 is 2.12 bits per heavy atom. The molecule has 0 unspecified atom stereocenters. The number of carbonyl (C=O) groups is 3. The summed E-state index contributed by atoms with van der Waals surface area (Å²) in [4.78, 5) is 36.8. The molecule has 4 aliphatic rings. The zero-order valence-corrected chi connectivity index (χ0v) is 27.2. The van der Waals surface area contributed by atoms with Crippen LogP contribution in [0, 0.1) is 40.4 Å². The first-order valence-corrected chi connectivity index (χ1v) is 17.3. The van der Waals surface area contributed by atoms with E-state index in [1.165, 1.54) is 44.1 Å². The highest BCUT2D eigenvalue weighted by Gasteiger charge is 2.64. The lowest BCUT2D eigenvalue weighted by molar-refractivity contribution is -0.162. The van der Waals surface area contributed by atoms with Crippen molar-refractivity contribution in [3.8, 4) is 0 Å². The molecule has 42 heavy (non-hydrogen) atoms. The third kappa shape index (κ3) is 6.69. The monoisotopic (exact) mass is 586 g/mol. The molecular weight excluding hydrogens is 528 g/mol. The number of carbonyl (C=O) groups excluding carboxylic acids is 3. The molecule has 4 rings (SSSR count). The Balaban J connectivity index is 1.27. The third-order valence-electron chi connectivity index (χ3n) is 12.4. The van der Waals surface area contributed by atoms with Crippen molar-refractivity contribution < 1.29 is 29.0 Å². The summed E-state index contributed by atoms with van der Waals surface area (Å²) in [5.41, 5.74) is 1.03. The van der Waals surface area contributed by atoms with E-state index in [2.05, 4.69) is 20.8 Å². The molecule has 6 heteroatoms. The van der Waals surface area contributed by atoms with E-state index in [9.17, 15) is 19.5 Å². The van der Waals surface area contributed by atoms with Crippen molar-refractivity contribution in [3.05, 3.63) is 11.6 Å². The Morgan fingerprint density at radius 2 is 1.48 bits per heavy atom. The summed E-state index contributed by atoms with van der Waals surface area (Å²) >= 11 is 0. The molecule has 3 fully saturated rings. The van der Waals surface area contributed by atoms with Gasteiger partial charge in [0, 0.05) is 6.42 Å². The van der Waals surface area contributed by atoms with E-state index in [4.69, 9.17) is 9.47 Å². The van der Waals surface area contributed by atoms with Gasteiger partial charge in [-0.2, -0.15) is 0 Å². The van der Waals surface area contributed by atoms with Gasteiger partial charge in [-0.3, -0.25) is 14.4 Å². The molecule has 4 aliphatic carbocycles. The Hall–Kier alpha value is -1.69. The fourth-order valence-corrected chi connectivity index (χ4v) is 9.70. The van der Waals surface area contributed by atoms with Crippen molar-refractivity contribution in [3.63, 3.8) is 0 Å². The fourth-order valence-electron chi connectivity index (χ4n) is 9.70. The predicted octanol–water partition coefficient (Wildman–Crippen LogP) is 7.75. The van der Waals surface area contributed by atoms with E-state index in [1.54, 1.807) is 13.8 Å². The fraction of sp³-hybridized carbons (Fsp3) is 0.861. The number of aliphatic hydroxyl groups is 1. The summed E-state index contributed by atoms with van der Waals surface area (Å²) in [6.07, 6.45) is 18.6. The van der Waals surface area contributed by atoms with Gasteiger partial charge in [-0.25, -0.2) is 0 Å². The van der Waals surface area contributed by atoms with Gasteiger partial charge < -0.3 is 14.6 Å². The maximum Gasteiger partial charge on any atom is 0.320 e. The van der Waals surface area contributed by atoms with Crippen molar-refractivity contribution in [2.75, 3.05) is 13.2 Å². The Morgan fingerprint density at radius 1 is 0.881 bits per heavy atom. The minimum Gasteiger partial charge on any atom is -0.465 e. The van der Waals surface area contributed by atoms with Crippen LogP contribution < -0.4 is 0 Å². The molecule has 6 nitrogen and oxygen atoms in total. The van der Waals surface area contributed by atoms with Crippen LogP contribution in [0.15, 0.2) is 11.6 Å². The van der Waals surface area contributed by atoms with Crippen molar-refractivity contribution in [2.45, 2.75) is 143 Å². The summed E-state index contributed by atoms with van der Waals surface area (Å²) in [5, 5.41) is 11.4. The van der Waals surface area contributed by atoms with E-state index in [0.29, 0.717) is 42.3 Å². The molecule has 0 radical (unpaired) electrons. The van der Waals surface area contributed by atoms with Crippen molar-refractivity contribution in [1.82, 2.24) is 0 Å². The molecule has 7 atom stereocenters. The van der Waals surface area contributed by atoms with Crippen LogP contribution in [0.2, 0.25) is 0 Å².